The number of urea groups is 1. The fourth-order valence-corrected chi connectivity index (χ4v) is 4.67. The summed E-state index contributed by atoms with van der Waals surface area (Å²) in [5.74, 6) is 0.436. The number of unbranched alkanes of at least 4 members (excludes halogenated alkanes) is 3. The first kappa shape index (κ1) is 26.9. The lowest BCUT2D eigenvalue weighted by Gasteiger charge is -2.20. The Balaban J connectivity index is 1.44. The number of hydrogen-bond donors (Lipinski definition) is 0. The predicted molar refractivity (Wildman–Crippen MR) is 138 cm³/mol. The molecule has 2 heterocycles. The first-order chi connectivity index (χ1) is 16.7. The number of ether oxygens (including phenoxy) is 2. The molecular formula is C26H38N4O4S. The van der Waals surface area contributed by atoms with E-state index in [1.165, 1.54) is 52.4 Å². The van der Waals surface area contributed by atoms with Gasteiger partial charge < -0.3 is 14.4 Å². The molecule has 2 amide bonds. The second kappa shape index (κ2) is 12.3. The summed E-state index contributed by atoms with van der Waals surface area (Å²) in [6.07, 6.45) is 6.13. The van der Waals surface area contributed by atoms with Crippen LogP contribution in [0.2, 0.25) is 0 Å². The van der Waals surface area contributed by atoms with E-state index in [1.54, 1.807) is 7.05 Å². The van der Waals surface area contributed by atoms with Crippen molar-refractivity contribution in [3.05, 3.63) is 34.8 Å². The van der Waals surface area contributed by atoms with Gasteiger partial charge in [0, 0.05) is 18.9 Å². The molecule has 35 heavy (non-hydrogen) atoms. The number of carbonyl (C=O) groups excluding carboxylic acids is 2. The van der Waals surface area contributed by atoms with Crippen LogP contribution in [0.1, 0.15) is 76.8 Å². The minimum absolute atomic E-state index is 0.175. The maximum atomic E-state index is 12.7. The van der Waals surface area contributed by atoms with Crippen LogP contribution in [0.4, 0.5) is 9.93 Å². The van der Waals surface area contributed by atoms with Gasteiger partial charge >= 0.3 is 12.0 Å². The van der Waals surface area contributed by atoms with Crippen LogP contribution < -0.4 is 9.64 Å². The maximum absolute atomic E-state index is 12.7. The number of hydrogen-bond acceptors (Lipinski definition) is 7. The molecule has 1 saturated heterocycles. The Morgan fingerprint density at radius 3 is 2.51 bits per heavy atom. The summed E-state index contributed by atoms with van der Waals surface area (Å²) in [7, 11) is 1.68. The van der Waals surface area contributed by atoms with E-state index in [0.29, 0.717) is 18.2 Å². The molecule has 1 aromatic heterocycles. The van der Waals surface area contributed by atoms with E-state index < -0.39 is 6.23 Å². The predicted octanol–water partition coefficient (Wildman–Crippen LogP) is 5.56. The minimum atomic E-state index is -0.716. The number of esters is 1. The van der Waals surface area contributed by atoms with Crippen molar-refractivity contribution in [1.82, 2.24) is 15.1 Å². The molecule has 1 aromatic carbocycles. The van der Waals surface area contributed by atoms with E-state index in [9.17, 15) is 9.59 Å². The largest absolute Gasteiger partial charge is 0.494 e. The van der Waals surface area contributed by atoms with Gasteiger partial charge in [0.2, 0.25) is 11.4 Å². The molecule has 9 heteroatoms. The summed E-state index contributed by atoms with van der Waals surface area (Å²) in [6, 6.07) is 7.93. The highest BCUT2D eigenvalue weighted by Gasteiger charge is 2.41. The molecule has 0 radical (unpaired) electrons. The lowest BCUT2D eigenvalue weighted by Crippen LogP contribution is -2.37. The van der Waals surface area contributed by atoms with Gasteiger partial charge in [-0.1, -0.05) is 70.4 Å². The second-order valence-electron chi connectivity index (χ2n) is 10.0. The van der Waals surface area contributed by atoms with Crippen LogP contribution in [0.3, 0.4) is 0 Å². The first-order valence-corrected chi connectivity index (χ1v) is 13.3. The second-order valence-corrected chi connectivity index (χ2v) is 11.0. The molecule has 3 rings (SSSR count). The lowest BCUT2D eigenvalue weighted by molar-refractivity contribution is -0.148. The number of rotatable bonds is 12. The van der Waals surface area contributed by atoms with E-state index in [0.717, 1.165) is 17.2 Å². The van der Waals surface area contributed by atoms with Crippen molar-refractivity contribution in [3.8, 4) is 5.75 Å². The number of amides is 2. The van der Waals surface area contributed by atoms with E-state index >= 15 is 0 Å². The van der Waals surface area contributed by atoms with Crippen LogP contribution in [0.5, 0.6) is 5.75 Å². The van der Waals surface area contributed by atoms with Crippen molar-refractivity contribution < 1.29 is 19.1 Å². The first-order valence-electron chi connectivity index (χ1n) is 12.5. The monoisotopic (exact) mass is 502 g/mol. The van der Waals surface area contributed by atoms with Crippen LogP contribution in [-0.4, -0.2) is 53.5 Å². The molecule has 1 fully saturated rings. The molecule has 0 N–H and O–H groups in total. The highest BCUT2D eigenvalue weighted by atomic mass is 32.1. The van der Waals surface area contributed by atoms with Crippen molar-refractivity contribution in [2.24, 2.45) is 0 Å². The normalized spacial score (nSPS) is 16.1. The average Bonchev–Trinajstić information content (AvgIpc) is 3.40. The fraction of sp³-hybridized carbons (Fsp3) is 0.615. The number of benzene rings is 1. The zero-order valence-corrected chi connectivity index (χ0v) is 22.4. The van der Waals surface area contributed by atoms with Crippen LogP contribution in [0, 0.1) is 0 Å². The maximum Gasteiger partial charge on any atom is 0.329 e. The molecule has 192 valence electrons. The highest BCUT2D eigenvalue weighted by Crippen LogP contribution is 2.33. The third-order valence-corrected chi connectivity index (χ3v) is 7.16. The van der Waals surface area contributed by atoms with E-state index in [1.807, 2.05) is 32.9 Å². The topological polar surface area (TPSA) is 84.9 Å². The van der Waals surface area contributed by atoms with Crippen molar-refractivity contribution in [2.45, 2.75) is 84.3 Å². The zero-order valence-electron chi connectivity index (χ0n) is 21.6. The number of aromatic nitrogens is 2. The third kappa shape index (κ3) is 7.65. The molecule has 0 spiro atoms. The third-order valence-electron chi connectivity index (χ3n) is 5.82. The molecule has 8 nitrogen and oxygen atoms in total. The van der Waals surface area contributed by atoms with Gasteiger partial charge in [0.15, 0.2) is 0 Å². The number of anilines is 1. The average molecular weight is 503 g/mol. The summed E-state index contributed by atoms with van der Waals surface area (Å²) in [5.41, 5.74) is 1.15. The molecule has 1 aliphatic rings. The summed E-state index contributed by atoms with van der Waals surface area (Å²) >= 11 is 1.34. The quantitative estimate of drug-likeness (QED) is 0.279. The molecular weight excluding hydrogens is 464 g/mol. The summed E-state index contributed by atoms with van der Waals surface area (Å²) in [4.78, 5) is 28.1. The standard InChI is InChI=1S/C26H38N4O4S/c1-6-7-8-9-11-19-13-15-20(16-14-19)33-17-10-12-22(31)34-21-18-29(5)25(32)30(21)24-28-27-23(35-24)26(2,3)4/h13-16,21H,6-12,17-18H2,1-5H3. The van der Waals surface area contributed by atoms with Crippen LogP contribution in [-0.2, 0) is 21.4 Å². The van der Waals surface area contributed by atoms with Crippen molar-refractivity contribution in [1.29, 1.82) is 0 Å². The Bertz CT molecular complexity index is 970. The summed E-state index contributed by atoms with van der Waals surface area (Å²) < 4.78 is 11.4. The minimum Gasteiger partial charge on any atom is -0.494 e. The van der Waals surface area contributed by atoms with Gasteiger partial charge in [0.1, 0.15) is 10.8 Å². The van der Waals surface area contributed by atoms with Crippen LogP contribution in [0.25, 0.3) is 0 Å². The Hall–Kier alpha value is -2.68. The number of likely N-dealkylation sites (N-methyl/N-ethyl adjacent to an activating group) is 1. The lowest BCUT2D eigenvalue weighted by atomic mass is 9.98. The Kier molecular flexibility index (Phi) is 9.48. The van der Waals surface area contributed by atoms with E-state index in [-0.39, 0.29) is 30.4 Å². The number of aryl methyl sites for hydroxylation is 1. The Morgan fingerprint density at radius 2 is 1.86 bits per heavy atom. The molecule has 2 aromatic rings. The van der Waals surface area contributed by atoms with Gasteiger partial charge in [0.25, 0.3) is 0 Å². The van der Waals surface area contributed by atoms with Crippen LogP contribution >= 0.6 is 11.3 Å². The van der Waals surface area contributed by atoms with Crippen molar-refractivity contribution >= 4 is 28.5 Å². The number of nitrogens with zero attached hydrogens (tertiary/aromatic N) is 4. The van der Waals surface area contributed by atoms with Gasteiger partial charge in [-0.25, -0.2) is 9.69 Å². The summed E-state index contributed by atoms with van der Waals surface area (Å²) in [5, 5.41) is 9.67. The highest BCUT2D eigenvalue weighted by molar-refractivity contribution is 7.15. The Morgan fingerprint density at radius 1 is 1.11 bits per heavy atom. The van der Waals surface area contributed by atoms with Gasteiger partial charge in [-0.2, -0.15) is 0 Å². The fourth-order valence-electron chi connectivity index (χ4n) is 3.74. The molecule has 0 saturated carbocycles. The molecule has 0 bridgehead atoms. The van der Waals surface area contributed by atoms with Crippen molar-refractivity contribution in [3.63, 3.8) is 0 Å². The molecule has 0 aliphatic carbocycles. The zero-order chi connectivity index (χ0) is 25.4. The van der Waals surface area contributed by atoms with Gasteiger partial charge in [0.05, 0.1) is 13.2 Å². The van der Waals surface area contributed by atoms with Crippen molar-refractivity contribution in [2.75, 3.05) is 25.1 Å². The van der Waals surface area contributed by atoms with E-state index in [2.05, 4.69) is 29.3 Å². The molecule has 1 unspecified atom stereocenters. The smallest absolute Gasteiger partial charge is 0.329 e. The number of carbonyl (C=O) groups is 2. The van der Waals surface area contributed by atoms with Gasteiger partial charge in [-0.05, 0) is 37.0 Å². The van der Waals surface area contributed by atoms with E-state index in [4.69, 9.17) is 9.47 Å². The molecule has 1 atom stereocenters. The van der Waals surface area contributed by atoms with Gasteiger partial charge in [-0.15, -0.1) is 10.2 Å². The summed E-state index contributed by atoms with van der Waals surface area (Å²) in [6.45, 7) is 9.05. The van der Waals surface area contributed by atoms with Gasteiger partial charge in [-0.3, -0.25) is 4.79 Å². The SMILES string of the molecule is CCCCCCc1ccc(OCCCC(=O)OC2CN(C)C(=O)N2c2nnc(C(C)(C)C)s2)cc1. The Labute approximate surface area is 212 Å². The molecule has 1 aliphatic heterocycles. The van der Waals surface area contributed by atoms with Crippen LogP contribution in [0.15, 0.2) is 24.3 Å².